The van der Waals surface area contributed by atoms with Crippen LogP contribution in [0.4, 0.5) is 0 Å². The molecule has 1 rings (SSSR count). The molecule has 1 aromatic rings. The minimum Gasteiger partial charge on any atom is -0.490 e. The SMILES string of the molecule is CCOC(=O)c1ccc(OCC(O)CCl)c(OCC)c1. The van der Waals surface area contributed by atoms with E-state index in [2.05, 4.69) is 0 Å². The molecule has 0 saturated heterocycles. The molecule has 0 aliphatic rings. The molecule has 20 heavy (non-hydrogen) atoms. The molecule has 6 heteroatoms. The topological polar surface area (TPSA) is 65.0 Å². The van der Waals surface area contributed by atoms with Crippen molar-refractivity contribution in [1.82, 2.24) is 0 Å². The standard InChI is InChI=1S/C14H19ClO5/c1-3-18-13-7-10(14(17)19-4-2)5-6-12(13)20-9-11(16)8-15/h5-7,11,16H,3-4,8-9H2,1-2H3. The zero-order valence-electron chi connectivity index (χ0n) is 11.6. The summed E-state index contributed by atoms with van der Waals surface area (Å²) in [5.41, 5.74) is 0.389. The van der Waals surface area contributed by atoms with Gasteiger partial charge in [0.25, 0.3) is 0 Å². The average Bonchev–Trinajstić information content (AvgIpc) is 2.46. The Bertz CT molecular complexity index is 436. The Morgan fingerprint density at radius 3 is 2.60 bits per heavy atom. The van der Waals surface area contributed by atoms with Gasteiger partial charge in [-0.25, -0.2) is 4.79 Å². The molecule has 0 heterocycles. The molecule has 1 N–H and O–H groups in total. The molecule has 0 aliphatic heterocycles. The second kappa shape index (κ2) is 8.66. The van der Waals surface area contributed by atoms with Gasteiger partial charge in [-0.05, 0) is 32.0 Å². The van der Waals surface area contributed by atoms with Crippen LogP contribution in [0.15, 0.2) is 18.2 Å². The highest BCUT2D eigenvalue weighted by molar-refractivity contribution is 6.18. The molecule has 0 radical (unpaired) electrons. The van der Waals surface area contributed by atoms with Gasteiger partial charge in [0.1, 0.15) is 12.7 Å². The third-order valence-corrected chi connectivity index (χ3v) is 2.72. The highest BCUT2D eigenvalue weighted by atomic mass is 35.5. The lowest BCUT2D eigenvalue weighted by Crippen LogP contribution is -2.19. The fourth-order valence-corrected chi connectivity index (χ4v) is 1.56. The first-order chi connectivity index (χ1) is 9.62. The summed E-state index contributed by atoms with van der Waals surface area (Å²) in [5, 5.41) is 9.38. The van der Waals surface area contributed by atoms with E-state index in [4.69, 9.17) is 25.8 Å². The monoisotopic (exact) mass is 302 g/mol. The maximum atomic E-state index is 11.6. The predicted octanol–water partition coefficient (Wildman–Crippen LogP) is 2.24. The van der Waals surface area contributed by atoms with E-state index in [0.717, 1.165) is 0 Å². The third-order valence-electron chi connectivity index (χ3n) is 2.36. The van der Waals surface area contributed by atoms with Gasteiger partial charge >= 0.3 is 5.97 Å². The van der Waals surface area contributed by atoms with Gasteiger partial charge in [-0.2, -0.15) is 0 Å². The van der Waals surface area contributed by atoms with Gasteiger partial charge in [-0.15, -0.1) is 11.6 Å². The maximum absolute atomic E-state index is 11.6. The molecule has 0 fully saturated rings. The zero-order valence-corrected chi connectivity index (χ0v) is 12.4. The van der Waals surface area contributed by atoms with Crippen LogP contribution in [0.25, 0.3) is 0 Å². The van der Waals surface area contributed by atoms with Crippen LogP contribution >= 0.6 is 11.6 Å². The van der Waals surface area contributed by atoms with Gasteiger partial charge in [0.05, 0.1) is 24.7 Å². The lowest BCUT2D eigenvalue weighted by Gasteiger charge is -2.14. The van der Waals surface area contributed by atoms with Crippen LogP contribution in [0.1, 0.15) is 24.2 Å². The van der Waals surface area contributed by atoms with E-state index >= 15 is 0 Å². The minimum absolute atomic E-state index is 0.0579. The van der Waals surface area contributed by atoms with E-state index in [-0.39, 0.29) is 12.5 Å². The molecule has 1 unspecified atom stereocenters. The molecular formula is C14H19ClO5. The number of carbonyl (C=O) groups is 1. The molecule has 1 aromatic carbocycles. The average molecular weight is 303 g/mol. The summed E-state index contributed by atoms with van der Waals surface area (Å²) in [5.74, 6) is 0.551. The van der Waals surface area contributed by atoms with Gasteiger partial charge in [-0.3, -0.25) is 0 Å². The van der Waals surface area contributed by atoms with Crippen molar-refractivity contribution in [2.45, 2.75) is 20.0 Å². The number of halogens is 1. The van der Waals surface area contributed by atoms with E-state index < -0.39 is 12.1 Å². The molecule has 0 aliphatic carbocycles. The third kappa shape index (κ3) is 4.90. The maximum Gasteiger partial charge on any atom is 0.338 e. The highest BCUT2D eigenvalue weighted by Gasteiger charge is 2.13. The van der Waals surface area contributed by atoms with Gasteiger partial charge < -0.3 is 19.3 Å². The first-order valence-corrected chi connectivity index (χ1v) is 6.96. The Balaban J connectivity index is 2.86. The van der Waals surface area contributed by atoms with Crippen molar-refractivity contribution in [2.75, 3.05) is 25.7 Å². The summed E-state index contributed by atoms with van der Waals surface area (Å²) in [4.78, 5) is 11.6. The normalized spacial score (nSPS) is 11.8. The van der Waals surface area contributed by atoms with Crippen LogP contribution in [0, 0.1) is 0 Å². The number of esters is 1. The van der Waals surface area contributed by atoms with E-state index in [9.17, 15) is 9.90 Å². The van der Waals surface area contributed by atoms with Crippen LogP contribution < -0.4 is 9.47 Å². The van der Waals surface area contributed by atoms with Crippen LogP contribution in [0.2, 0.25) is 0 Å². The molecule has 0 aromatic heterocycles. The summed E-state index contributed by atoms with van der Waals surface area (Å²) >= 11 is 5.50. The minimum atomic E-state index is -0.754. The Labute approximate surface area is 123 Å². The summed E-state index contributed by atoms with van der Waals surface area (Å²) in [6.45, 7) is 4.37. The van der Waals surface area contributed by atoms with Crippen molar-refractivity contribution >= 4 is 17.6 Å². The van der Waals surface area contributed by atoms with Gasteiger partial charge in [0, 0.05) is 0 Å². The predicted molar refractivity (Wildman–Crippen MR) is 75.8 cm³/mol. The van der Waals surface area contributed by atoms with E-state index in [0.29, 0.717) is 30.3 Å². The fraction of sp³-hybridized carbons (Fsp3) is 0.500. The van der Waals surface area contributed by atoms with Crippen molar-refractivity contribution in [1.29, 1.82) is 0 Å². The number of alkyl halides is 1. The van der Waals surface area contributed by atoms with Crippen molar-refractivity contribution in [3.05, 3.63) is 23.8 Å². The van der Waals surface area contributed by atoms with Crippen molar-refractivity contribution < 1.29 is 24.1 Å². The van der Waals surface area contributed by atoms with Gasteiger partial charge in [-0.1, -0.05) is 0 Å². The molecule has 0 amide bonds. The van der Waals surface area contributed by atoms with Crippen LogP contribution in [0.5, 0.6) is 11.5 Å². The number of ether oxygens (including phenoxy) is 3. The second-order valence-electron chi connectivity index (χ2n) is 3.93. The Morgan fingerprint density at radius 2 is 2.00 bits per heavy atom. The smallest absolute Gasteiger partial charge is 0.338 e. The van der Waals surface area contributed by atoms with E-state index in [1.54, 1.807) is 25.1 Å². The van der Waals surface area contributed by atoms with Crippen LogP contribution in [0.3, 0.4) is 0 Å². The van der Waals surface area contributed by atoms with Crippen molar-refractivity contribution in [3.8, 4) is 11.5 Å². The quantitative estimate of drug-likeness (QED) is 0.589. The van der Waals surface area contributed by atoms with E-state index in [1.807, 2.05) is 6.92 Å². The van der Waals surface area contributed by atoms with Gasteiger partial charge in [0.15, 0.2) is 11.5 Å². The number of hydrogen-bond donors (Lipinski definition) is 1. The summed E-state index contributed by atoms with van der Waals surface area (Å²) in [7, 11) is 0. The first kappa shape index (κ1) is 16.6. The summed E-state index contributed by atoms with van der Waals surface area (Å²) < 4.78 is 15.8. The first-order valence-electron chi connectivity index (χ1n) is 6.43. The summed E-state index contributed by atoms with van der Waals surface area (Å²) in [6, 6.07) is 4.75. The van der Waals surface area contributed by atoms with Crippen LogP contribution in [-0.2, 0) is 4.74 Å². The Hall–Kier alpha value is -1.46. The molecule has 5 nitrogen and oxygen atoms in total. The lowest BCUT2D eigenvalue weighted by molar-refractivity contribution is 0.0525. The number of aliphatic hydroxyl groups is 1. The molecule has 0 saturated carbocycles. The largest absolute Gasteiger partial charge is 0.490 e. The molecule has 112 valence electrons. The van der Waals surface area contributed by atoms with Crippen molar-refractivity contribution in [2.24, 2.45) is 0 Å². The Morgan fingerprint density at radius 1 is 1.25 bits per heavy atom. The number of rotatable bonds is 8. The fourth-order valence-electron chi connectivity index (χ4n) is 1.47. The highest BCUT2D eigenvalue weighted by Crippen LogP contribution is 2.29. The Kier molecular flexibility index (Phi) is 7.18. The second-order valence-corrected chi connectivity index (χ2v) is 4.24. The lowest BCUT2D eigenvalue weighted by atomic mass is 10.2. The van der Waals surface area contributed by atoms with E-state index in [1.165, 1.54) is 0 Å². The molecule has 0 bridgehead atoms. The number of aliphatic hydroxyl groups excluding tert-OH is 1. The molecule has 1 atom stereocenters. The molecule has 0 spiro atoms. The number of hydrogen-bond acceptors (Lipinski definition) is 5. The molecular weight excluding hydrogens is 284 g/mol. The van der Waals surface area contributed by atoms with Crippen molar-refractivity contribution in [3.63, 3.8) is 0 Å². The van der Waals surface area contributed by atoms with Gasteiger partial charge in [0.2, 0.25) is 0 Å². The van der Waals surface area contributed by atoms with Crippen LogP contribution in [-0.4, -0.2) is 42.9 Å². The summed E-state index contributed by atoms with van der Waals surface area (Å²) in [6.07, 6.45) is -0.754. The number of benzene rings is 1. The zero-order chi connectivity index (χ0) is 15.0. The number of carbonyl (C=O) groups excluding carboxylic acids is 1.